The number of nitrogens with zero attached hydrogens (tertiary/aromatic N) is 1. The highest BCUT2D eigenvalue weighted by Crippen LogP contribution is 2.44. The van der Waals surface area contributed by atoms with Crippen molar-refractivity contribution in [2.45, 2.75) is 45.3 Å². The normalized spacial score (nSPS) is 23.5. The molecule has 2 nitrogen and oxygen atoms in total. The van der Waals surface area contributed by atoms with Crippen molar-refractivity contribution in [3.63, 3.8) is 0 Å². The molecule has 0 aliphatic carbocycles. The Morgan fingerprint density at radius 3 is 2.22 bits per heavy atom. The first kappa shape index (κ1) is 12.9. The van der Waals surface area contributed by atoms with Gasteiger partial charge in [0.25, 0.3) is 0 Å². The zero-order valence-corrected chi connectivity index (χ0v) is 11.4. The number of rotatable bonds is 1. The second-order valence-electron chi connectivity index (χ2n) is 5.88. The lowest BCUT2D eigenvalue weighted by Gasteiger charge is -2.24. The molecule has 0 N–H and O–H groups in total. The number of hydrogen-bond donors (Lipinski definition) is 0. The Labute approximate surface area is 109 Å². The van der Waals surface area contributed by atoms with E-state index < -0.39 is 0 Å². The van der Waals surface area contributed by atoms with E-state index in [4.69, 9.17) is 4.74 Å². The Morgan fingerprint density at radius 1 is 1.17 bits per heavy atom. The molecule has 1 fully saturated rings. The van der Waals surface area contributed by atoms with E-state index in [-0.39, 0.29) is 11.2 Å². The van der Waals surface area contributed by atoms with Gasteiger partial charge in [-0.2, -0.15) is 5.26 Å². The third kappa shape index (κ3) is 2.32. The molecule has 94 valence electrons. The van der Waals surface area contributed by atoms with Gasteiger partial charge in [0.2, 0.25) is 0 Å². The van der Waals surface area contributed by atoms with Gasteiger partial charge in [0, 0.05) is 6.42 Å². The quantitative estimate of drug-likeness (QED) is 0.698. The van der Waals surface area contributed by atoms with Crippen LogP contribution in [-0.2, 0) is 4.74 Å². The van der Waals surface area contributed by atoms with Crippen LogP contribution in [-0.4, -0.2) is 11.2 Å². The van der Waals surface area contributed by atoms with Gasteiger partial charge in [-0.25, -0.2) is 0 Å². The lowest BCUT2D eigenvalue weighted by molar-refractivity contribution is -0.0565. The summed E-state index contributed by atoms with van der Waals surface area (Å²) in [7, 11) is 0. The van der Waals surface area contributed by atoms with Gasteiger partial charge in [-0.05, 0) is 38.8 Å². The maximum absolute atomic E-state index is 9.48. The van der Waals surface area contributed by atoms with Crippen LogP contribution in [0, 0.1) is 11.3 Å². The van der Waals surface area contributed by atoms with Crippen LogP contribution in [0.2, 0.25) is 0 Å². The fourth-order valence-corrected chi connectivity index (χ4v) is 2.73. The average Bonchev–Trinajstić information content (AvgIpc) is 2.50. The van der Waals surface area contributed by atoms with E-state index in [0.29, 0.717) is 0 Å². The number of benzene rings is 1. The smallest absolute Gasteiger partial charge is 0.0998 e. The molecular weight excluding hydrogens is 222 g/mol. The van der Waals surface area contributed by atoms with Crippen LogP contribution < -0.4 is 0 Å². The van der Waals surface area contributed by atoms with Crippen molar-refractivity contribution >= 4 is 5.57 Å². The maximum atomic E-state index is 9.48. The molecule has 0 atom stereocenters. The van der Waals surface area contributed by atoms with E-state index in [9.17, 15) is 5.26 Å². The van der Waals surface area contributed by atoms with Gasteiger partial charge in [0.15, 0.2) is 0 Å². The van der Waals surface area contributed by atoms with Crippen molar-refractivity contribution in [3.8, 4) is 6.07 Å². The molecule has 0 amide bonds. The zero-order chi connectivity index (χ0) is 13.4. The highest BCUT2D eigenvalue weighted by Gasteiger charge is 2.43. The number of nitriles is 1. The minimum atomic E-state index is -0.371. The molecule has 1 aromatic rings. The molecule has 1 heterocycles. The van der Waals surface area contributed by atoms with Gasteiger partial charge in [-0.3, -0.25) is 0 Å². The van der Waals surface area contributed by atoms with Crippen LogP contribution in [0.4, 0.5) is 0 Å². The largest absolute Gasteiger partial charge is 0.365 e. The van der Waals surface area contributed by atoms with Crippen molar-refractivity contribution in [1.82, 2.24) is 0 Å². The summed E-state index contributed by atoms with van der Waals surface area (Å²) in [5.41, 5.74) is 2.26. The Bertz CT molecular complexity index is 518. The molecule has 0 unspecified atom stereocenters. The molecule has 2 rings (SSSR count). The van der Waals surface area contributed by atoms with E-state index >= 15 is 0 Å². The number of hydrogen-bond acceptors (Lipinski definition) is 2. The lowest BCUT2D eigenvalue weighted by Crippen LogP contribution is -2.26. The minimum absolute atomic E-state index is 0.199. The maximum Gasteiger partial charge on any atom is 0.0998 e. The Hall–Kier alpha value is -1.59. The summed E-state index contributed by atoms with van der Waals surface area (Å²) < 4.78 is 6.04. The van der Waals surface area contributed by atoms with Crippen molar-refractivity contribution in [3.05, 3.63) is 41.5 Å². The van der Waals surface area contributed by atoms with E-state index in [1.54, 1.807) is 0 Å². The predicted molar refractivity (Wildman–Crippen MR) is 72.8 cm³/mol. The second-order valence-corrected chi connectivity index (χ2v) is 5.88. The minimum Gasteiger partial charge on any atom is -0.365 e. The predicted octanol–water partition coefficient (Wildman–Crippen LogP) is 3.94. The fourth-order valence-electron chi connectivity index (χ4n) is 2.73. The summed E-state index contributed by atoms with van der Waals surface area (Å²) in [5, 5.41) is 9.48. The fraction of sp³-hybridized carbons (Fsp3) is 0.438. The highest BCUT2D eigenvalue weighted by molar-refractivity contribution is 5.80. The molecule has 0 bridgehead atoms. The standard InChI is InChI=1S/C16H19NO/c1-15(2)10-14(16(3,4)18-15)13(11-17)12-8-6-5-7-9-12/h5-9H,10H2,1-4H3/b14-13+. The summed E-state index contributed by atoms with van der Waals surface area (Å²) in [5.74, 6) is 0. The first-order valence-electron chi connectivity index (χ1n) is 6.25. The molecule has 2 heteroatoms. The van der Waals surface area contributed by atoms with Gasteiger partial charge in [-0.1, -0.05) is 30.3 Å². The Morgan fingerprint density at radius 2 is 1.78 bits per heavy atom. The van der Waals surface area contributed by atoms with Crippen LogP contribution in [0.15, 0.2) is 35.9 Å². The summed E-state index contributed by atoms with van der Waals surface area (Å²) in [6.07, 6.45) is 0.803. The van der Waals surface area contributed by atoms with Crippen LogP contribution in [0.3, 0.4) is 0 Å². The Kier molecular flexibility index (Phi) is 3.04. The van der Waals surface area contributed by atoms with Gasteiger partial charge in [0.1, 0.15) is 0 Å². The number of allylic oxidation sites excluding steroid dienone is 1. The summed E-state index contributed by atoms with van der Waals surface area (Å²) >= 11 is 0. The zero-order valence-electron chi connectivity index (χ0n) is 11.4. The molecule has 0 radical (unpaired) electrons. The summed E-state index contributed by atoms with van der Waals surface area (Å²) in [6, 6.07) is 12.2. The van der Waals surface area contributed by atoms with E-state index in [0.717, 1.165) is 23.1 Å². The monoisotopic (exact) mass is 241 g/mol. The Balaban J connectivity index is 2.56. The highest BCUT2D eigenvalue weighted by atomic mass is 16.5. The second kappa shape index (κ2) is 4.26. The SMILES string of the molecule is CC1(C)C/C(=C(/C#N)c2ccccc2)C(C)(C)O1. The van der Waals surface area contributed by atoms with Gasteiger partial charge >= 0.3 is 0 Å². The van der Waals surface area contributed by atoms with E-state index in [1.807, 2.05) is 44.2 Å². The van der Waals surface area contributed by atoms with Crippen LogP contribution in [0.25, 0.3) is 5.57 Å². The lowest BCUT2D eigenvalue weighted by atomic mass is 9.87. The molecule has 18 heavy (non-hydrogen) atoms. The van der Waals surface area contributed by atoms with E-state index in [1.165, 1.54) is 0 Å². The van der Waals surface area contributed by atoms with Crippen LogP contribution in [0.1, 0.15) is 39.7 Å². The first-order chi connectivity index (χ1) is 8.36. The molecule has 1 aliphatic heterocycles. The third-order valence-corrected chi connectivity index (χ3v) is 3.34. The number of ether oxygens (including phenoxy) is 1. The molecule has 0 saturated carbocycles. The van der Waals surface area contributed by atoms with Crippen molar-refractivity contribution in [1.29, 1.82) is 5.26 Å². The van der Waals surface area contributed by atoms with Crippen LogP contribution >= 0.6 is 0 Å². The molecular formula is C16H19NO. The molecule has 1 saturated heterocycles. The molecule has 1 aliphatic rings. The van der Waals surface area contributed by atoms with Gasteiger partial charge in [-0.15, -0.1) is 0 Å². The molecule has 0 spiro atoms. The van der Waals surface area contributed by atoms with Crippen molar-refractivity contribution in [2.24, 2.45) is 0 Å². The van der Waals surface area contributed by atoms with E-state index in [2.05, 4.69) is 19.9 Å². The molecule has 1 aromatic carbocycles. The summed E-state index contributed by atoms with van der Waals surface area (Å²) in [6.45, 7) is 8.22. The van der Waals surface area contributed by atoms with Crippen molar-refractivity contribution < 1.29 is 4.74 Å². The third-order valence-electron chi connectivity index (χ3n) is 3.34. The van der Waals surface area contributed by atoms with Gasteiger partial charge < -0.3 is 4.74 Å². The van der Waals surface area contributed by atoms with Crippen LogP contribution in [0.5, 0.6) is 0 Å². The molecule has 0 aromatic heterocycles. The topological polar surface area (TPSA) is 33.0 Å². The average molecular weight is 241 g/mol. The van der Waals surface area contributed by atoms with Gasteiger partial charge in [0.05, 0.1) is 22.8 Å². The van der Waals surface area contributed by atoms with Crippen molar-refractivity contribution in [2.75, 3.05) is 0 Å². The first-order valence-corrected chi connectivity index (χ1v) is 6.25. The summed E-state index contributed by atoms with van der Waals surface area (Å²) in [4.78, 5) is 0.